The van der Waals surface area contributed by atoms with Crippen LogP contribution in [0.2, 0.25) is 0 Å². The van der Waals surface area contributed by atoms with E-state index in [-0.39, 0.29) is 0 Å². The number of pyridine rings is 1. The van der Waals surface area contributed by atoms with Gasteiger partial charge in [-0.2, -0.15) is 0 Å². The van der Waals surface area contributed by atoms with Crippen molar-refractivity contribution in [2.45, 2.75) is 71.3 Å². The number of aromatic nitrogens is 1. The number of rotatable bonds is 4. The van der Waals surface area contributed by atoms with Gasteiger partial charge in [0.15, 0.2) is 5.82 Å². The summed E-state index contributed by atoms with van der Waals surface area (Å²) in [6.07, 6.45) is 16.4. The second-order valence-corrected chi connectivity index (χ2v) is 9.84. The molecule has 0 aromatic carbocycles. The molecule has 0 radical (unpaired) electrons. The quantitative estimate of drug-likeness (QED) is 0.495. The topological polar surface area (TPSA) is 28.5 Å². The van der Waals surface area contributed by atoms with Crippen LogP contribution in [0.4, 0.5) is 5.82 Å². The van der Waals surface area contributed by atoms with Crippen molar-refractivity contribution in [2.75, 3.05) is 33.2 Å². The zero-order chi connectivity index (χ0) is 21.1. The molecule has 4 heterocycles. The molecule has 4 nitrogen and oxygen atoms in total. The van der Waals surface area contributed by atoms with Crippen molar-refractivity contribution in [2.24, 2.45) is 4.99 Å². The number of quaternary nitrogens is 1. The van der Waals surface area contributed by atoms with Crippen LogP contribution in [0, 0.1) is 0 Å². The molecule has 3 aliphatic heterocycles. The Labute approximate surface area is 183 Å². The number of hydrogen-bond donors (Lipinski definition) is 0. The molecular formula is C26H39N4+. The molecule has 0 N–H and O–H groups in total. The predicted molar refractivity (Wildman–Crippen MR) is 126 cm³/mol. The molecule has 2 fully saturated rings. The van der Waals surface area contributed by atoms with Crippen molar-refractivity contribution in [3.8, 4) is 0 Å². The third kappa shape index (κ3) is 4.54. The first-order valence-corrected chi connectivity index (χ1v) is 11.9. The first-order chi connectivity index (χ1) is 14.5. The van der Waals surface area contributed by atoms with Gasteiger partial charge in [-0.05, 0) is 44.7 Å². The van der Waals surface area contributed by atoms with Crippen LogP contribution in [-0.2, 0) is 6.42 Å². The molecule has 4 rings (SSSR count). The predicted octanol–water partition coefficient (Wildman–Crippen LogP) is 5.39. The molecule has 0 amide bonds. The monoisotopic (exact) mass is 407 g/mol. The summed E-state index contributed by atoms with van der Waals surface area (Å²) < 4.78 is 1.31. The van der Waals surface area contributed by atoms with Gasteiger partial charge < -0.3 is 9.38 Å². The number of aliphatic imine (C=N–C) groups is 1. The van der Waals surface area contributed by atoms with E-state index >= 15 is 0 Å². The Kier molecular flexibility index (Phi) is 6.43. The van der Waals surface area contributed by atoms with E-state index in [1.807, 2.05) is 6.20 Å². The molecule has 1 atom stereocenters. The minimum absolute atomic E-state index is 0.367. The van der Waals surface area contributed by atoms with E-state index in [9.17, 15) is 0 Å². The van der Waals surface area contributed by atoms with Crippen LogP contribution >= 0.6 is 0 Å². The first-order valence-electron chi connectivity index (χ1n) is 11.9. The summed E-state index contributed by atoms with van der Waals surface area (Å²) in [5.41, 5.74) is 3.87. The molecule has 0 aliphatic carbocycles. The lowest BCUT2D eigenvalue weighted by molar-refractivity contribution is -0.938. The minimum atomic E-state index is 0.367. The Hall–Kier alpha value is -1.94. The number of amidine groups is 1. The van der Waals surface area contributed by atoms with E-state index in [2.05, 4.69) is 57.0 Å². The normalized spacial score (nSPS) is 23.5. The molecule has 1 unspecified atom stereocenters. The molecule has 0 spiro atoms. The Bertz CT molecular complexity index is 837. The summed E-state index contributed by atoms with van der Waals surface area (Å²) in [6.45, 7) is 11.5. The van der Waals surface area contributed by atoms with Crippen LogP contribution in [0.5, 0.6) is 0 Å². The van der Waals surface area contributed by atoms with Crippen molar-refractivity contribution < 1.29 is 4.48 Å². The summed E-state index contributed by atoms with van der Waals surface area (Å²) in [5.74, 6) is 2.54. The summed E-state index contributed by atoms with van der Waals surface area (Å²) >= 11 is 0. The Morgan fingerprint density at radius 3 is 2.63 bits per heavy atom. The van der Waals surface area contributed by atoms with Gasteiger partial charge in [-0.1, -0.05) is 30.7 Å². The summed E-state index contributed by atoms with van der Waals surface area (Å²) in [7, 11) is 2.50. The number of fused-ring (bicyclic) bond motifs is 1. The van der Waals surface area contributed by atoms with Crippen molar-refractivity contribution in [3.05, 3.63) is 47.2 Å². The van der Waals surface area contributed by atoms with E-state index in [0.29, 0.717) is 5.92 Å². The summed E-state index contributed by atoms with van der Waals surface area (Å²) in [4.78, 5) is 12.2. The van der Waals surface area contributed by atoms with Crippen LogP contribution in [0.15, 0.2) is 41.1 Å². The molecule has 0 saturated carbocycles. The van der Waals surface area contributed by atoms with Gasteiger partial charge in [-0.25, -0.2) is 9.98 Å². The van der Waals surface area contributed by atoms with Gasteiger partial charge in [0, 0.05) is 50.0 Å². The van der Waals surface area contributed by atoms with Gasteiger partial charge in [-0.3, -0.25) is 0 Å². The van der Waals surface area contributed by atoms with Gasteiger partial charge in [-0.15, -0.1) is 0 Å². The molecule has 4 heteroatoms. The zero-order valence-electron chi connectivity index (χ0n) is 19.4. The average Bonchev–Trinajstić information content (AvgIpc) is 3.21. The highest BCUT2D eigenvalue weighted by Gasteiger charge is 2.37. The van der Waals surface area contributed by atoms with E-state index in [1.54, 1.807) is 0 Å². The summed E-state index contributed by atoms with van der Waals surface area (Å²) in [5, 5.41) is 0. The van der Waals surface area contributed by atoms with Crippen LogP contribution < -0.4 is 0 Å². The second kappa shape index (κ2) is 9.05. The van der Waals surface area contributed by atoms with Gasteiger partial charge in [0.1, 0.15) is 5.84 Å². The molecular weight excluding hydrogens is 368 g/mol. The molecule has 3 aliphatic rings. The highest BCUT2D eigenvalue weighted by Crippen LogP contribution is 2.32. The molecule has 2 saturated heterocycles. The summed E-state index contributed by atoms with van der Waals surface area (Å²) in [6, 6.07) is 3.16. The molecule has 162 valence electrons. The van der Waals surface area contributed by atoms with Gasteiger partial charge in [0.05, 0.1) is 26.2 Å². The standard InChI is InChI=1S/C26H39N4/c1-5-20(2)9-10-21(3)23-17-22-18-25(28-26(22)27-19-23)29-13-11-24(12-14-29)30(4)15-7-6-8-16-30/h5,9-10,17,19,21,24H,6-8,11-16,18H2,1-4H3/q+1. The lowest BCUT2D eigenvalue weighted by atomic mass is 9.96. The maximum atomic E-state index is 4.92. The number of likely N-dealkylation sites (tertiary alicyclic amines) is 2. The van der Waals surface area contributed by atoms with Crippen molar-refractivity contribution >= 4 is 11.7 Å². The lowest BCUT2D eigenvalue weighted by Gasteiger charge is -2.47. The lowest BCUT2D eigenvalue weighted by Crippen LogP contribution is -2.58. The Balaban J connectivity index is 1.36. The SMILES string of the molecule is CC=C(C)C=CC(C)c1cnc2c(c1)CC(N1CCC([N+]3(C)CCCCC3)CC1)=N2. The maximum absolute atomic E-state index is 4.92. The van der Waals surface area contributed by atoms with Crippen LogP contribution in [0.3, 0.4) is 0 Å². The molecule has 0 bridgehead atoms. The fraction of sp³-hybridized carbons (Fsp3) is 0.615. The zero-order valence-corrected chi connectivity index (χ0v) is 19.4. The molecule has 30 heavy (non-hydrogen) atoms. The largest absolute Gasteiger partial charge is 0.359 e. The van der Waals surface area contributed by atoms with Crippen molar-refractivity contribution in [3.63, 3.8) is 0 Å². The maximum Gasteiger partial charge on any atom is 0.157 e. The van der Waals surface area contributed by atoms with Crippen molar-refractivity contribution in [1.82, 2.24) is 9.88 Å². The van der Waals surface area contributed by atoms with Gasteiger partial charge >= 0.3 is 0 Å². The third-order valence-electron chi connectivity index (χ3n) is 7.73. The number of hydrogen-bond acceptors (Lipinski definition) is 3. The third-order valence-corrected chi connectivity index (χ3v) is 7.73. The fourth-order valence-electron chi connectivity index (χ4n) is 5.37. The van der Waals surface area contributed by atoms with E-state index in [1.165, 1.54) is 72.2 Å². The molecule has 1 aromatic rings. The Morgan fingerprint density at radius 2 is 1.93 bits per heavy atom. The van der Waals surface area contributed by atoms with Crippen LogP contribution in [0.1, 0.15) is 69.9 Å². The van der Waals surface area contributed by atoms with E-state index in [0.717, 1.165) is 31.4 Å². The average molecular weight is 408 g/mol. The highest BCUT2D eigenvalue weighted by molar-refractivity contribution is 5.91. The van der Waals surface area contributed by atoms with Crippen LogP contribution in [0.25, 0.3) is 0 Å². The van der Waals surface area contributed by atoms with Gasteiger partial charge in [0.25, 0.3) is 0 Å². The van der Waals surface area contributed by atoms with Gasteiger partial charge in [0.2, 0.25) is 0 Å². The van der Waals surface area contributed by atoms with E-state index in [4.69, 9.17) is 9.98 Å². The number of allylic oxidation sites excluding steroid dienone is 4. The fourth-order valence-corrected chi connectivity index (χ4v) is 5.37. The molecule has 1 aromatic heterocycles. The smallest absolute Gasteiger partial charge is 0.157 e. The number of nitrogens with zero attached hydrogens (tertiary/aromatic N) is 4. The van der Waals surface area contributed by atoms with Crippen LogP contribution in [-0.4, -0.2) is 59.5 Å². The highest BCUT2D eigenvalue weighted by atomic mass is 15.4. The Morgan fingerprint density at radius 1 is 1.20 bits per heavy atom. The second-order valence-electron chi connectivity index (χ2n) is 9.84. The number of piperidine rings is 2. The minimum Gasteiger partial charge on any atom is -0.359 e. The first kappa shape index (κ1) is 21.3. The van der Waals surface area contributed by atoms with E-state index < -0.39 is 0 Å². The van der Waals surface area contributed by atoms with Crippen molar-refractivity contribution in [1.29, 1.82) is 0 Å².